The van der Waals surface area contributed by atoms with E-state index in [0.717, 1.165) is 6.08 Å². The molecule has 0 saturated heterocycles. The first-order chi connectivity index (χ1) is 6.62. The van der Waals surface area contributed by atoms with Crippen molar-refractivity contribution in [2.24, 2.45) is 0 Å². The van der Waals surface area contributed by atoms with Crippen LogP contribution in [-0.4, -0.2) is 18.3 Å². The highest BCUT2D eigenvalue weighted by Gasteiger charge is 2.48. The molecule has 0 saturated carbocycles. The van der Waals surface area contributed by atoms with Gasteiger partial charge in [0.05, 0.1) is 17.2 Å². The van der Waals surface area contributed by atoms with Crippen LogP contribution in [0.4, 0.5) is 26.3 Å². The predicted molar refractivity (Wildman–Crippen MR) is 34.1 cm³/mol. The van der Waals surface area contributed by atoms with Crippen molar-refractivity contribution >= 4 is 5.91 Å². The second-order valence-electron chi connectivity index (χ2n) is 2.47. The van der Waals surface area contributed by atoms with Crippen molar-refractivity contribution in [3.63, 3.8) is 0 Å². The van der Waals surface area contributed by atoms with E-state index in [4.69, 9.17) is 0 Å². The van der Waals surface area contributed by atoms with Crippen LogP contribution in [0.5, 0.6) is 0 Å². The van der Waals surface area contributed by atoms with Gasteiger partial charge in [0.2, 0.25) is 0 Å². The Bertz CT molecular complexity index is 347. The topological polar surface area (TPSA) is 31.2 Å². The summed E-state index contributed by atoms with van der Waals surface area (Å²) < 4.78 is 72.3. The van der Waals surface area contributed by atoms with Gasteiger partial charge in [-0.2, -0.15) is 26.3 Å². The zero-order valence-electron chi connectivity index (χ0n) is 6.70. The number of hydrogen-bond donors (Lipinski definition) is 0. The maximum Gasteiger partial charge on any atom is 0.418 e. The Labute approximate surface area is 79.2 Å². The number of carbonyl (C=O) groups is 1. The van der Waals surface area contributed by atoms with Crippen molar-refractivity contribution < 1.29 is 31.1 Å². The van der Waals surface area contributed by atoms with Crippen LogP contribution in [0.3, 0.4) is 0 Å². The molecule has 0 aliphatic carbocycles. The van der Waals surface area contributed by atoms with Crippen LogP contribution in [0.2, 0.25) is 0 Å². The molecule has 0 aromatic heterocycles. The molecule has 1 rings (SSSR count). The van der Waals surface area contributed by atoms with E-state index >= 15 is 0 Å². The van der Waals surface area contributed by atoms with Gasteiger partial charge >= 0.3 is 12.4 Å². The highest BCUT2D eigenvalue weighted by molar-refractivity contribution is 5.87. The molecule has 1 amide bonds. The molecule has 0 aromatic rings. The van der Waals surface area contributed by atoms with Gasteiger partial charge in [0.25, 0.3) is 5.91 Å². The molecule has 0 fully saturated rings. The van der Waals surface area contributed by atoms with Gasteiger partial charge in [-0.3, -0.25) is 4.79 Å². The predicted octanol–water partition coefficient (Wildman–Crippen LogP) is 1.87. The third-order valence-electron chi connectivity index (χ3n) is 1.40. The summed E-state index contributed by atoms with van der Waals surface area (Å²) in [7, 11) is 0. The number of nitrogens with zero attached hydrogens (tertiary/aromatic N) is 1. The third-order valence-corrected chi connectivity index (χ3v) is 1.40. The van der Waals surface area contributed by atoms with Crippen LogP contribution >= 0.6 is 0 Å². The quantitative estimate of drug-likeness (QED) is 0.583. The van der Waals surface area contributed by atoms with Crippen molar-refractivity contribution in [1.82, 2.24) is 5.32 Å². The number of amides is 1. The van der Waals surface area contributed by atoms with Gasteiger partial charge in [0.15, 0.2) is 0 Å². The Morgan fingerprint density at radius 2 is 1.60 bits per heavy atom. The molecular formula is C7HF6NO. The van der Waals surface area contributed by atoms with Gasteiger partial charge in [-0.25, -0.2) is 5.32 Å². The average Bonchev–Trinajstić information content (AvgIpc) is 2.00. The SMILES string of the molecule is O=C1[C]=C(C(F)(F)F)C(C(F)(F)F)=C[N]1. The Kier molecular flexibility index (Phi) is 2.54. The fraction of sp³-hybridized carbons (Fsp3) is 0.286. The zero-order valence-corrected chi connectivity index (χ0v) is 6.70. The first-order valence-electron chi connectivity index (χ1n) is 3.36. The Balaban J connectivity index is 3.19. The monoisotopic (exact) mass is 229 g/mol. The minimum atomic E-state index is -5.28. The van der Waals surface area contributed by atoms with E-state index in [9.17, 15) is 31.1 Å². The summed E-state index contributed by atoms with van der Waals surface area (Å²) >= 11 is 0. The van der Waals surface area contributed by atoms with Crippen LogP contribution < -0.4 is 5.32 Å². The number of hydrogen-bond acceptors (Lipinski definition) is 1. The van der Waals surface area contributed by atoms with E-state index < -0.39 is 29.4 Å². The molecule has 0 N–H and O–H groups in total. The fourth-order valence-corrected chi connectivity index (χ4v) is 0.833. The Hall–Kier alpha value is -1.47. The number of carbonyl (C=O) groups excluding carboxylic acids is 1. The summed E-state index contributed by atoms with van der Waals surface area (Å²) in [4.78, 5) is 10.4. The number of alkyl halides is 6. The van der Waals surface area contributed by atoms with Gasteiger partial charge in [0.1, 0.15) is 0 Å². The lowest BCUT2D eigenvalue weighted by Crippen LogP contribution is -2.29. The average molecular weight is 229 g/mol. The second-order valence-corrected chi connectivity index (χ2v) is 2.47. The zero-order chi connectivity index (χ0) is 11.9. The second kappa shape index (κ2) is 3.28. The minimum Gasteiger partial charge on any atom is -0.267 e. The molecule has 82 valence electrons. The largest absolute Gasteiger partial charge is 0.418 e. The van der Waals surface area contributed by atoms with E-state index in [1.54, 1.807) is 0 Å². The van der Waals surface area contributed by atoms with E-state index in [0.29, 0.717) is 0 Å². The summed E-state index contributed by atoms with van der Waals surface area (Å²) in [6, 6.07) is 0. The lowest BCUT2D eigenvalue weighted by molar-refractivity contribution is -0.125. The third kappa shape index (κ3) is 2.51. The van der Waals surface area contributed by atoms with Crippen LogP contribution in [0.15, 0.2) is 17.3 Å². The van der Waals surface area contributed by atoms with Crippen LogP contribution in [0.1, 0.15) is 0 Å². The molecule has 1 heterocycles. The van der Waals surface area contributed by atoms with Crippen molar-refractivity contribution in [2.45, 2.75) is 12.4 Å². The van der Waals surface area contributed by atoms with E-state index in [1.807, 2.05) is 0 Å². The van der Waals surface area contributed by atoms with Gasteiger partial charge in [0, 0.05) is 6.20 Å². The van der Waals surface area contributed by atoms with Gasteiger partial charge in [-0.1, -0.05) is 0 Å². The molecule has 0 aromatic carbocycles. The molecule has 2 radical (unpaired) electrons. The molecular weight excluding hydrogens is 228 g/mol. The first-order valence-corrected chi connectivity index (χ1v) is 3.36. The molecule has 8 heteroatoms. The summed E-state index contributed by atoms with van der Waals surface area (Å²) in [5.41, 5.74) is -4.16. The number of halogens is 6. The molecule has 0 bridgehead atoms. The fourth-order valence-electron chi connectivity index (χ4n) is 0.833. The molecule has 2 nitrogen and oxygen atoms in total. The normalized spacial score (nSPS) is 18.1. The Morgan fingerprint density at radius 1 is 1.07 bits per heavy atom. The van der Waals surface area contributed by atoms with Gasteiger partial charge in [-0.15, -0.1) is 0 Å². The van der Waals surface area contributed by atoms with Crippen LogP contribution in [0.25, 0.3) is 0 Å². The molecule has 1 aliphatic heterocycles. The number of rotatable bonds is 0. The van der Waals surface area contributed by atoms with Gasteiger partial charge < -0.3 is 0 Å². The van der Waals surface area contributed by atoms with E-state index in [1.165, 1.54) is 0 Å². The molecule has 15 heavy (non-hydrogen) atoms. The Morgan fingerprint density at radius 3 is 2.00 bits per heavy atom. The molecule has 0 atom stereocenters. The lowest BCUT2D eigenvalue weighted by Gasteiger charge is -2.19. The standard InChI is InChI=1S/C7HF6NO/c8-6(9,10)3-1-5(15)14-2-4(3)7(11,12)13/h2H. The molecule has 0 spiro atoms. The highest BCUT2D eigenvalue weighted by Crippen LogP contribution is 2.40. The van der Waals surface area contributed by atoms with Crippen molar-refractivity contribution in [1.29, 1.82) is 0 Å². The smallest absolute Gasteiger partial charge is 0.267 e. The lowest BCUT2D eigenvalue weighted by atomic mass is 10.0. The summed E-state index contributed by atoms with van der Waals surface area (Å²) in [6.45, 7) is 0. The summed E-state index contributed by atoms with van der Waals surface area (Å²) in [6.07, 6.45) is -9.65. The molecule has 1 aliphatic rings. The van der Waals surface area contributed by atoms with E-state index in [-0.39, 0.29) is 6.20 Å². The minimum absolute atomic E-state index is 0.151. The van der Waals surface area contributed by atoms with Crippen LogP contribution in [0, 0.1) is 6.08 Å². The summed E-state index contributed by atoms with van der Waals surface area (Å²) in [5, 5.41) is 2.59. The van der Waals surface area contributed by atoms with Gasteiger partial charge in [-0.05, 0) is 0 Å². The first kappa shape index (κ1) is 11.6. The highest BCUT2D eigenvalue weighted by atomic mass is 19.4. The van der Waals surface area contributed by atoms with Crippen LogP contribution in [-0.2, 0) is 4.79 Å². The number of allylic oxidation sites excluding steroid dienone is 2. The van der Waals surface area contributed by atoms with E-state index in [2.05, 4.69) is 5.32 Å². The summed E-state index contributed by atoms with van der Waals surface area (Å²) in [5.74, 6) is -1.49. The maximum atomic E-state index is 12.1. The van der Waals surface area contributed by atoms with Crippen molar-refractivity contribution in [3.05, 3.63) is 23.4 Å². The van der Waals surface area contributed by atoms with Crippen molar-refractivity contribution in [2.75, 3.05) is 0 Å². The molecule has 0 unspecified atom stereocenters. The maximum absolute atomic E-state index is 12.1. The van der Waals surface area contributed by atoms with Crippen molar-refractivity contribution in [3.8, 4) is 0 Å².